The first kappa shape index (κ1) is 13.2. The fourth-order valence-electron chi connectivity index (χ4n) is 2.71. The first-order valence-electron chi connectivity index (χ1n) is 6.73. The number of benzene rings is 1. The maximum Gasteiger partial charge on any atom is 0.220 e. The molecule has 1 fully saturated rings. The Labute approximate surface area is 122 Å². The summed E-state index contributed by atoms with van der Waals surface area (Å²) >= 11 is 5.89. The number of amides is 1. The summed E-state index contributed by atoms with van der Waals surface area (Å²) in [6.45, 7) is 2.43. The number of likely N-dealkylation sites (tertiary alicyclic amines) is 1. The van der Waals surface area contributed by atoms with Crippen LogP contribution in [0.15, 0.2) is 30.5 Å². The van der Waals surface area contributed by atoms with Crippen molar-refractivity contribution in [1.82, 2.24) is 14.9 Å². The molecule has 1 amide bonds. The summed E-state index contributed by atoms with van der Waals surface area (Å²) in [6.07, 6.45) is 3.81. The van der Waals surface area contributed by atoms with Gasteiger partial charge < -0.3 is 9.88 Å². The SMILES string of the molecule is CC(=O)N1CCC[C@H]1c1ncc(-c2ccc(Cl)cc2)[nH]1. The minimum atomic E-state index is 0.0774. The van der Waals surface area contributed by atoms with E-state index in [2.05, 4.69) is 9.97 Å². The molecular formula is C15H16ClN3O. The molecule has 0 radical (unpaired) electrons. The topological polar surface area (TPSA) is 49.0 Å². The summed E-state index contributed by atoms with van der Waals surface area (Å²) < 4.78 is 0. The Kier molecular flexibility index (Phi) is 3.49. The van der Waals surface area contributed by atoms with Crippen LogP contribution in [0.3, 0.4) is 0 Å². The van der Waals surface area contributed by atoms with Crippen LogP contribution in [0.5, 0.6) is 0 Å². The lowest BCUT2D eigenvalue weighted by Crippen LogP contribution is -2.28. The summed E-state index contributed by atoms with van der Waals surface area (Å²) in [5.74, 6) is 0.972. The number of rotatable bonds is 2. The van der Waals surface area contributed by atoms with Gasteiger partial charge in [0.1, 0.15) is 5.82 Å². The quantitative estimate of drug-likeness (QED) is 0.921. The fourth-order valence-corrected chi connectivity index (χ4v) is 2.84. The van der Waals surface area contributed by atoms with Crippen molar-refractivity contribution in [3.63, 3.8) is 0 Å². The van der Waals surface area contributed by atoms with E-state index in [1.54, 1.807) is 6.92 Å². The molecule has 1 aromatic heterocycles. The summed E-state index contributed by atoms with van der Waals surface area (Å²) in [5.41, 5.74) is 1.99. The van der Waals surface area contributed by atoms with Crippen LogP contribution >= 0.6 is 11.6 Å². The van der Waals surface area contributed by atoms with Crippen LogP contribution in [0.1, 0.15) is 31.6 Å². The molecule has 0 aliphatic carbocycles. The lowest BCUT2D eigenvalue weighted by atomic mass is 10.2. The first-order chi connectivity index (χ1) is 9.65. The molecule has 0 saturated carbocycles. The van der Waals surface area contributed by atoms with Crippen molar-refractivity contribution in [2.24, 2.45) is 0 Å². The van der Waals surface area contributed by atoms with Gasteiger partial charge in [0.25, 0.3) is 0 Å². The third-order valence-electron chi connectivity index (χ3n) is 3.72. The van der Waals surface area contributed by atoms with Gasteiger partial charge in [0, 0.05) is 18.5 Å². The van der Waals surface area contributed by atoms with Crippen molar-refractivity contribution < 1.29 is 4.79 Å². The zero-order valence-corrected chi connectivity index (χ0v) is 12.0. The Morgan fingerprint density at radius 1 is 1.40 bits per heavy atom. The Morgan fingerprint density at radius 2 is 2.15 bits per heavy atom. The van der Waals surface area contributed by atoms with Crippen molar-refractivity contribution in [3.8, 4) is 11.3 Å². The van der Waals surface area contributed by atoms with Gasteiger partial charge in [-0.15, -0.1) is 0 Å². The Bertz CT molecular complexity index is 620. The van der Waals surface area contributed by atoms with E-state index < -0.39 is 0 Å². The summed E-state index contributed by atoms with van der Waals surface area (Å²) in [4.78, 5) is 21.3. The van der Waals surface area contributed by atoms with Gasteiger partial charge >= 0.3 is 0 Å². The van der Waals surface area contributed by atoms with Gasteiger partial charge in [0.15, 0.2) is 0 Å². The van der Waals surface area contributed by atoms with Gasteiger partial charge in [-0.2, -0.15) is 0 Å². The van der Waals surface area contributed by atoms with Crippen LogP contribution in [-0.2, 0) is 4.79 Å². The second kappa shape index (κ2) is 5.29. The van der Waals surface area contributed by atoms with E-state index in [1.165, 1.54) is 0 Å². The number of nitrogens with one attached hydrogen (secondary N) is 1. The molecule has 0 spiro atoms. The molecule has 2 aromatic rings. The third-order valence-corrected chi connectivity index (χ3v) is 3.98. The van der Waals surface area contributed by atoms with Crippen molar-refractivity contribution in [2.45, 2.75) is 25.8 Å². The minimum absolute atomic E-state index is 0.0774. The number of halogens is 1. The average Bonchev–Trinajstić information content (AvgIpc) is 3.08. The molecule has 5 heteroatoms. The number of H-pyrrole nitrogens is 1. The molecule has 0 bridgehead atoms. The number of aromatic nitrogens is 2. The molecular weight excluding hydrogens is 274 g/mol. The molecule has 104 valence electrons. The summed E-state index contributed by atoms with van der Waals surface area (Å²) in [5, 5.41) is 0.715. The molecule has 0 unspecified atom stereocenters. The van der Waals surface area contributed by atoms with E-state index in [0.29, 0.717) is 5.02 Å². The maximum atomic E-state index is 11.6. The van der Waals surface area contributed by atoms with Crippen molar-refractivity contribution in [2.75, 3.05) is 6.54 Å². The van der Waals surface area contributed by atoms with Crippen LogP contribution in [0.4, 0.5) is 0 Å². The molecule has 1 N–H and O–H groups in total. The minimum Gasteiger partial charge on any atom is -0.340 e. The predicted octanol–water partition coefficient (Wildman–Crippen LogP) is 3.41. The van der Waals surface area contributed by atoms with E-state index in [4.69, 9.17) is 11.6 Å². The van der Waals surface area contributed by atoms with E-state index in [-0.39, 0.29) is 11.9 Å². The maximum absolute atomic E-state index is 11.6. The van der Waals surface area contributed by atoms with Gasteiger partial charge in [0.2, 0.25) is 5.91 Å². The summed E-state index contributed by atoms with van der Waals surface area (Å²) in [7, 11) is 0. The highest BCUT2D eigenvalue weighted by Crippen LogP contribution is 2.31. The first-order valence-corrected chi connectivity index (χ1v) is 7.11. The zero-order valence-electron chi connectivity index (χ0n) is 11.3. The van der Waals surface area contributed by atoms with E-state index in [9.17, 15) is 4.79 Å². The van der Waals surface area contributed by atoms with E-state index in [1.807, 2.05) is 35.4 Å². The molecule has 1 aliphatic heterocycles. The van der Waals surface area contributed by atoms with Crippen molar-refractivity contribution in [3.05, 3.63) is 41.3 Å². The molecule has 3 rings (SSSR count). The number of imidazole rings is 1. The van der Waals surface area contributed by atoms with Gasteiger partial charge in [-0.1, -0.05) is 23.7 Å². The normalized spacial score (nSPS) is 18.5. The van der Waals surface area contributed by atoms with Gasteiger partial charge in [-0.3, -0.25) is 4.79 Å². The highest BCUT2D eigenvalue weighted by atomic mass is 35.5. The molecule has 20 heavy (non-hydrogen) atoms. The highest BCUT2D eigenvalue weighted by molar-refractivity contribution is 6.30. The number of hydrogen-bond acceptors (Lipinski definition) is 2. The number of hydrogen-bond donors (Lipinski definition) is 1. The number of aromatic amines is 1. The third kappa shape index (κ3) is 2.43. The molecule has 1 saturated heterocycles. The lowest BCUT2D eigenvalue weighted by Gasteiger charge is -2.21. The molecule has 2 heterocycles. The van der Waals surface area contributed by atoms with Crippen LogP contribution in [0, 0.1) is 0 Å². The number of nitrogens with zero attached hydrogens (tertiary/aromatic N) is 2. The molecule has 1 aromatic carbocycles. The molecule has 1 atom stereocenters. The predicted molar refractivity (Wildman–Crippen MR) is 78.4 cm³/mol. The van der Waals surface area contributed by atoms with Crippen LogP contribution < -0.4 is 0 Å². The van der Waals surface area contributed by atoms with Crippen LogP contribution in [0.2, 0.25) is 5.02 Å². The number of carbonyl (C=O) groups is 1. The number of carbonyl (C=O) groups excluding carboxylic acids is 1. The Hall–Kier alpha value is -1.81. The lowest BCUT2D eigenvalue weighted by molar-refractivity contribution is -0.129. The Morgan fingerprint density at radius 3 is 2.85 bits per heavy atom. The van der Waals surface area contributed by atoms with Gasteiger partial charge in [-0.05, 0) is 30.5 Å². The highest BCUT2D eigenvalue weighted by Gasteiger charge is 2.29. The van der Waals surface area contributed by atoms with Gasteiger partial charge in [0.05, 0.1) is 17.9 Å². The second-order valence-corrected chi connectivity index (χ2v) is 5.50. The van der Waals surface area contributed by atoms with Gasteiger partial charge in [-0.25, -0.2) is 4.98 Å². The van der Waals surface area contributed by atoms with E-state index >= 15 is 0 Å². The molecule has 1 aliphatic rings. The largest absolute Gasteiger partial charge is 0.340 e. The Balaban J connectivity index is 1.86. The monoisotopic (exact) mass is 289 g/mol. The zero-order chi connectivity index (χ0) is 14.1. The van der Waals surface area contributed by atoms with Crippen LogP contribution in [-0.4, -0.2) is 27.3 Å². The molecule has 4 nitrogen and oxygen atoms in total. The van der Waals surface area contributed by atoms with Crippen LogP contribution in [0.25, 0.3) is 11.3 Å². The van der Waals surface area contributed by atoms with Crippen molar-refractivity contribution >= 4 is 17.5 Å². The van der Waals surface area contributed by atoms with Crippen molar-refractivity contribution in [1.29, 1.82) is 0 Å². The van der Waals surface area contributed by atoms with E-state index in [0.717, 1.165) is 36.5 Å². The standard InChI is InChI=1S/C15H16ClN3O/c1-10(20)19-8-2-3-14(19)15-17-9-13(18-15)11-4-6-12(16)7-5-11/h4-7,9,14H,2-3,8H2,1H3,(H,17,18)/t14-/m0/s1. The summed E-state index contributed by atoms with van der Waals surface area (Å²) in [6, 6.07) is 7.70. The smallest absolute Gasteiger partial charge is 0.220 e. The fraction of sp³-hybridized carbons (Fsp3) is 0.333. The second-order valence-electron chi connectivity index (χ2n) is 5.06. The average molecular weight is 290 g/mol.